The van der Waals surface area contributed by atoms with Crippen molar-refractivity contribution in [2.75, 3.05) is 37.7 Å². The van der Waals surface area contributed by atoms with Crippen molar-refractivity contribution in [3.05, 3.63) is 0 Å². The lowest BCUT2D eigenvalue weighted by atomic mass is 10.2. The van der Waals surface area contributed by atoms with Crippen LogP contribution in [0.2, 0.25) is 0 Å². The van der Waals surface area contributed by atoms with Gasteiger partial charge in [-0.3, -0.25) is 9.59 Å². The maximum atomic E-state index is 12.7. The van der Waals surface area contributed by atoms with E-state index in [-0.39, 0.29) is 30.6 Å². The van der Waals surface area contributed by atoms with Crippen molar-refractivity contribution in [2.45, 2.75) is 50.7 Å². The van der Waals surface area contributed by atoms with Gasteiger partial charge in [0.25, 0.3) is 0 Å². The summed E-state index contributed by atoms with van der Waals surface area (Å²) in [6, 6.07) is -0.247. The van der Waals surface area contributed by atoms with E-state index in [1.165, 1.54) is 12.8 Å². The topological polar surface area (TPSA) is 49.9 Å². The second kappa shape index (κ2) is 7.68. The predicted octanol–water partition coefficient (Wildman–Crippen LogP) is 1.51. The van der Waals surface area contributed by atoms with E-state index < -0.39 is 0 Å². The number of nitrogens with zero attached hydrogens (tertiary/aromatic N) is 2. The molecule has 2 heterocycles. The third-order valence-corrected chi connectivity index (χ3v) is 5.87. The van der Waals surface area contributed by atoms with Gasteiger partial charge in [-0.1, -0.05) is 12.8 Å². The average molecular weight is 326 g/mol. The summed E-state index contributed by atoms with van der Waals surface area (Å²) >= 11 is 1.89. The Hall–Kier alpha value is -0.750. The molecule has 2 aliphatic heterocycles. The first-order valence-electron chi connectivity index (χ1n) is 8.53. The molecule has 0 aromatic rings. The zero-order valence-corrected chi connectivity index (χ0v) is 14.0. The first kappa shape index (κ1) is 16.1. The normalized spacial score (nSPS) is 26.6. The number of likely N-dealkylation sites (tertiary alicyclic amines) is 1. The third kappa shape index (κ3) is 3.77. The molecule has 2 saturated heterocycles. The molecule has 3 fully saturated rings. The third-order valence-electron chi connectivity index (χ3n) is 4.93. The van der Waals surface area contributed by atoms with Gasteiger partial charge in [-0.15, -0.1) is 0 Å². The van der Waals surface area contributed by atoms with Crippen LogP contribution in [0.15, 0.2) is 0 Å². The molecule has 3 rings (SSSR count). The van der Waals surface area contributed by atoms with Crippen molar-refractivity contribution in [2.24, 2.45) is 0 Å². The lowest BCUT2D eigenvalue weighted by Gasteiger charge is -2.32. The Bertz CT molecular complexity index is 406. The van der Waals surface area contributed by atoms with E-state index in [2.05, 4.69) is 0 Å². The minimum atomic E-state index is -0.247. The van der Waals surface area contributed by atoms with Gasteiger partial charge in [-0.25, -0.2) is 0 Å². The number of carbonyl (C=O) groups excluding carboxylic acids is 2. The predicted molar refractivity (Wildman–Crippen MR) is 86.8 cm³/mol. The second-order valence-electron chi connectivity index (χ2n) is 6.40. The van der Waals surface area contributed by atoms with Gasteiger partial charge in [-0.2, -0.15) is 11.8 Å². The van der Waals surface area contributed by atoms with Crippen LogP contribution in [-0.2, 0) is 14.3 Å². The van der Waals surface area contributed by atoms with E-state index in [0.29, 0.717) is 6.54 Å². The van der Waals surface area contributed by atoms with Crippen LogP contribution in [0.3, 0.4) is 0 Å². The Morgan fingerprint density at radius 1 is 1.00 bits per heavy atom. The minimum Gasteiger partial charge on any atom is -0.368 e. The molecule has 124 valence electrons. The Balaban J connectivity index is 1.52. The molecule has 6 heteroatoms. The van der Waals surface area contributed by atoms with E-state index in [0.717, 1.165) is 50.3 Å². The van der Waals surface area contributed by atoms with E-state index in [9.17, 15) is 9.59 Å². The number of hydrogen-bond donors (Lipinski definition) is 0. The first-order chi connectivity index (χ1) is 10.8. The molecule has 0 aromatic heterocycles. The van der Waals surface area contributed by atoms with Crippen LogP contribution in [-0.4, -0.2) is 71.5 Å². The maximum absolute atomic E-state index is 12.7. The van der Waals surface area contributed by atoms with Crippen molar-refractivity contribution < 1.29 is 14.3 Å². The van der Waals surface area contributed by atoms with Gasteiger partial charge in [0.2, 0.25) is 11.8 Å². The highest BCUT2D eigenvalue weighted by Gasteiger charge is 2.37. The molecular weight excluding hydrogens is 300 g/mol. The smallest absolute Gasteiger partial charge is 0.249 e. The van der Waals surface area contributed by atoms with Crippen LogP contribution in [0.5, 0.6) is 0 Å². The fourth-order valence-corrected chi connectivity index (χ4v) is 4.55. The molecule has 0 N–H and O–H groups in total. The van der Waals surface area contributed by atoms with Crippen LogP contribution in [0, 0.1) is 0 Å². The molecule has 0 radical (unpaired) electrons. The summed E-state index contributed by atoms with van der Waals surface area (Å²) in [5, 5.41) is 0. The Labute approximate surface area is 136 Å². The van der Waals surface area contributed by atoms with Crippen molar-refractivity contribution in [3.63, 3.8) is 0 Å². The molecular formula is C16H26N2O3S. The van der Waals surface area contributed by atoms with Gasteiger partial charge >= 0.3 is 0 Å². The molecule has 1 unspecified atom stereocenters. The van der Waals surface area contributed by atoms with Gasteiger partial charge in [-0.05, 0) is 25.7 Å². The Kier molecular flexibility index (Phi) is 5.63. The Morgan fingerprint density at radius 2 is 1.73 bits per heavy atom. The van der Waals surface area contributed by atoms with Crippen LogP contribution in [0.4, 0.5) is 0 Å². The second-order valence-corrected chi connectivity index (χ2v) is 7.63. The zero-order valence-electron chi connectivity index (χ0n) is 13.2. The molecule has 0 aromatic carbocycles. The van der Waals surface area contributed by atoms with Crippen LogP contribution < -0.4 is 0 Å². The largest absolute Gasteiger partial charge is 0.368 e. The van der Waals surface area contributed by atoms with Crippen LogP contribution in [0.25, 0.3) is 0 Å². The first-order valence-corrected chi connectivity index (χ1v) is 9.69. The summed E-state index contributed by atoms with van der Waals surface area (Å²) in [6.07, 6.45) is 6.53. The summed E-state index contributed by atoms with van der Waals surface area (Å²) in [5.74, 6) is 2.16. The molecule has 0 spiro atoms. The number of carbonyl (C=O) groups is 2. The maximum Gasteiger partial charge on any atom is 0.249 e. The zero-order chi connectivity index (χ0) is 15.4. The van der Waals surface area contributed by atoms with E-state index in [4.69, 9.17) is 4.74 Å². The Morgan fingerprint density at radius 3 is 2.45 bits per heavy atom. The number of thioether (sulfide) groups is 1. The van der Waals surface area contributed by atoms with Crippen molar-refractivity contribution in [1.82, 2.24) is 9.80 Å². The van der Waals surface area contributed by atoms with Crippen LogP contribution in [0.1, 0.15) is 38.5 Å². The highest BCUT2D eigenvalue weighted by molar-refractivity contribution is 7.99. The summed E-state index contributed by atoms with van der Waals surface area (Å²) in [5.41, 5.74) is 0. The molecule has 1 saturated carbocycles. The standard InChI is InChI=1S/C16H26N2O3S/c19-15(12-21-13-4-1-2-5-13)18-7-3-6-14(18)16(20)17-8-10-22-11-9-17/h13-14H,1-12H2. The van der Waals surface area contributed by atoms with Gasteiger partial charge in [0.15, 0.2) is 0 Å². The number of ether oxygens (including phenoxy) is 1. The summed E-state index contributed by atoms with van der Waals surface area (Å²) < 4.78 is 5.73. The number of rotatable bonds is 4. The van der Waals surface area contributed by atoms with Gasteiger partial charge in [0, 0.05) is 31.1 Å². The highest BCUT2D eigenvalue weighted by Crippen LogP contribution is 2.23. The van der Waals surface area contributed by atoms with Gasteiger partial charge in [0.05, 0.1) is 6.10 Å². The summed E-state index contributed by atoms with van der Waals surface area (Å²) in [4.78, 5) is 28.8. The fourth-order valence-electron chi connectivity index (χ4n) is 3.64. The SMILES string of the molecule is O=C(C1CCCN1C(=O)COC1CCCC1)N1CCSCC1. The van der Waals surface area contributed by atoms with Crippen molar-refractivity contribution in [3.8, 4) is 0 Å². The average Bonchev–Trinajstić information content (AvgIpc) is 3.24. The molecule has 2 amide bonds. The van der Waals surface area contributed by atoms with Gasteiger partial charge < -0.3 is 14.5 Å². The quantitative estimate of drug-likeness (QED) is 0.786. The van der Waals surface area contributed by atoms with Gasteiger partial charge in [0.1, 0.15) is 12.6 Å². The van der Waals surface area contributed by atoms with E-state index >= 15 is 0 Å². The highest BCUT2D eigenvalue weighted by atomic mass is 32.2. The molecule has 0 bridgehead atoms. The van der Waals surface area contributed by atoms with Crippen LogP contribution >= 0.6 is 11.8 Å². The minimum absolute atomic E-state index is 0.00543. The van der Waals surface area contributed by atoms with Crippen molar-refractivity contribution in [1.29, 1.82) is 0 Å². The summed E-state index contributed by atoms with van der Waals surface area (Å²) in [6.45, 7) is 2.48. The van der Waals surface area contributed by atoms with E-state index in [1.807, 2.05) is 16.7 Å². The molecule has 5 nitrogen and oxygen atoms in total. The molecule has 1 atom stereocenters. The fraction of sp³-hybridized carbons (Fsp3) is 0.875. The number of amides is 2. The monoisotopic (exact) mass is 326 g/mol. The lowest BCUT2D eigenvalue weighted by Crippen LogP contribution is -2.50. The lowest BCUT2D eigenvalue weighted by molar-refractivity contribution is -0.147. The number of hydrogen-bond acceptors (Lipinski definition) is 4. The van der Waals surface area contributed by atoms with Crippen molar-refractivity contribution >= 4 is 23.6 Å². The molecule has 22 heavy (non-hydrogen) atoms. The molecule has 3 aliphatic rings. The molecule has 1 aliphatic carbocycles. The van der Waals surface area contributed by atoms with E-state index in [1.54, 1.807) is 4.90 Å². The summed E-state index contributed by atoms with van der Waals surface area (Å²) in [7, 11) is 0.